The molecule has 0 aliphatic heterocycles. The Balaban J connectivity index is 0.00000400. The molecule has 0 saturated carbocycles. The summed E-state index contributed by atoms with van der Waals surface area (Å²) in [6, 6.07) is 6.35. The molecule has 0 radical (unpaired) electrons. The second kappa shape index (κ2) is 10.3. The fraction of sp³-hybridized carbons (Fsp3) is 0.500. The molecule has 0 aromatic heterocycles. The Hall–Kier alpha value is -1.40. The number of ether oxygens (including phenoxy) is 1. The van der Waals surface area contributed by atoms with Gasteiger partial charge in [-0.05, 0) is 37.5 Å². The minimum atomic E-state index is -2.82. The number of nitrogens with two attached hydrogens (primary N) is 1. The van der Waals surface area contributed by atoms with Gasteiger partial charge in [0.05, 0.1) is 0 Å². The summed E-state index contributed by atoms with van der Waals surface area (Å²) >= 11 is 0. The van der Waals surface area contributed by atoms with Gasteiger partial charge in [-0.15, -0.1) is 12.4 Å². The van der Waals surface area contributed by atoms with Crippen LogP contribution in [0.5, 0.6) is 5.75 Å². The highest BCUT2D eigenvalue weighted by atomic mass is 35.5. The number of halogens is 3. The van der Waals surface area contributed by atoms with Gasteiger partial charge in [0.2, 0.25) is 5.91 Å². The molecular weight excluding hydrogens is 302 g/mol. The zero-order chi connectivity index (χ0) is 15.0. The topological polar surface area (TPSA) is 64.3 Å². The molecule has 0 fully saturated rings. The Morgan fingerprint density at radius 1 is 1.33 bits per heavy atom. The van der Waals surface area contributed by atoms with E-state index in [2.05, 4.69) is 10.1 Å². The lowest BCUT2D eigenvalue weighted by Crippen LogP contribution is -2.29. The van der Waals surface area contributed by atoms with E-state index in [-0.39, 0.29) is 30.1 Å². The van der Waals surface area contributed by atoms with Crippen LogP contribution in [-0.4, -0.2) is 25.1 Å². The number of nitrogens with one attached hydrogen (secondary N) is 1. The molecule has 0 aliphatic rings. The van der Waals surface area contributed by atoms with Crippen LogP contribution in [0.1, 0.15) is 25.3 Å². The van der Waals surface area contributed by atoms with Crippen molar-refractivity contribution in [1.29, 1.82) is 0 Å². The lowest BCUT2D eigenvalue weighted by molar-refractivity contribution is -0.121. The number of benzene rings is 1. The highest BCUT2D eigenvalue weighted by molar-refractivity contribution is 5.85. The summed E-state index contributed by atoms with van der Waals surface area (Å²) in [6.45, 7) is -0.371. The first-order valence-electron chi connectivity index (χ1n) is 6.53. The minimum absolute atomic E-state index is 0. The second-order valence-corrected chi connectivity index (χ2v) is 4.64. The molecule has 0 saturated heterocycles. The van der Waals surface area contributed by atoms with Gasteiger partial charge in [0.25, 0.3) is 0 Å². The summed E-state index contributed by atoms with van der Waals surface area (Å²) in [4.78, 5) is 11.5. The smallest absolute Gasteiger partial charge is 0.387 e. The summed E-state index contributed by atoms with van der Waals surface area (Å²) in [5.41, 5.74) is 6.47. The fourth-order valence-electron chi connectivity index (χ4n) is 1.62. The largest absolute Gasteiger partial charge is 0.435 e. The maximum absolute atomic E-state index is 12.0. The van der Waals surface area contributed by atoms with E-state index in [1.54, 1.807) is 12.1 Å². The van der Waals surface area contributed by atoms with Crippen molar-refractivity contribution < 1.29 is 18.3 Å². The van der Waals surface area contributed by atoms with E-state index in [9.17, 15) is 13.6 Å². The maximum Gasteiger partial charge on any atom is 0.387 e. The van der Waals surface area contributed by atoms with Gasteiger partial charge in [0.1, 0.15) is 5.75 Å². The lowest BCUT2D eigenvalue weighted by atomic mass is 10.1. The molecule has 1 unspecified atom stereocenters. The summed E-state index contributed by atoms with van der Waals surface area (Å²) in [7, 11) is 0. The molecule has 4 nitrogen and oxygen atoms in total. The molecule has 0 spiro atoms. The van der Waals surface area contributed by atoms with Crippen LogP contribution in [0.15, 0.2) is 24.3 Å². The lowest BCUT2D eigenvalue weighted by Gasteiger charge is -2.08. The molecule has 21 heavy (non-hydrogen) atoms. The van der Waals surface area contributed by atoms with Crippen molar-refractivity contribution in [3.63, 3.8) is 0 Å². The van der Waals surface area contributed by atoms with Gasteiger partial charge >= 0.3 is 6.61 Å². The van der Waals surface area contributed by atoms with Crippen LogP contribution in [0.25, 0.3) is 0 Å². The Morgan fingerprint density at radius 3 is 2.48 bits per heavy atom. The third-order valence-corrected chi connectivity index (χ3v) is 2.71. The van der Waals surface area contributed by atoms with Crippen LogP contribution >= 0.6 is 12.4 Å². The average molecular weight is 323 g/mol. The molecule has 120 valence electrons. The van der Waals surface area contributed by atoms with Crippen molar-refractivity contribution in [2.45, 2.75) is 38.8 Å². The van der Waals surface area contributed by atoms with Gasteiger partial charge in [-0.1, -0.05) is 12.1 Å². The molecule has 0 heterocycles. The van der Waals surface area contributed by atoms with Gasteiger partial charge in [0.15, 0.2) is 0 Å². The fourth-order valence-corrected chi connectivity index (χ4v) is 1.62. The summed E-state index contributed by atoms with van der Waals surface area (Å²) in [5.74, 6) is 0.0729. The summed E-state index contributed by atoms with van der Waals surface area (Å²) < 4.78 is 28.2. The Bertz CT molecular complexity index is 414. The molecule has 0 aliphatic carbocycles. The van der Waals surface area contributed by atoms with Crippen LogP contribution in [0.4, 0.5) is 8.78 Å². The summed E-state index contributed by atoms with van der Waals surface area (Å²) in [5, 5.41) is 2.78. The molecule has 7 heteroatoms. The first-order chi connectivity index (χ1) is 9.47. The molecule has 1 amide bonds. The first-order valence-corrected chi connectivity index (χ1v) is 6.53. The second-order valence-electron chi connectivity index (χ2n) is 4.64. The van der Waals surface area contributed by atoms with Crippen molar-refractivity contribution in [3.8, 4) is 5.75 Å². The van der Waals surface area contributed by atoms with Crippen molar-refractivity contribution in [2.24, 2.45) is 5.73 Å². The zero-order valence-electron chi connectivity index (χ0n) is 11.9. The molecule has 0 bridgehead atoms. The van der Waals surface area contributed by atoms with Gasteiger partial charge in [-0.25, -0.2) is 0 Å². The van der Waals surface area contributed by atoms with Gasteiger partial charge in [-0.3, -0.25) is 4.79 Å². The predicted octanol–water partition coefficient (Wildman–Crippen LogP) is 2.50. The standard InChI is InChI=1S/C14H20F2N2O2.ClH/c1-10(17)8-9-18-13(19)7-4-11-2-5-12(6-3-11)20-14(15)16;/h2-3,5-6,10,14H,4,7-9,17H2,1H3,(H,18,19);1H. The molecule has 1 atom stereocenters. The SMILES string of the molecule is CC(N)CCNC(=O)CCc1ccc(OC(F)F)cc1.Cl. The Morgan fingerprint density at radius 2 is 1.95 bits per heavy atom. The first kappa shape index (κ1) is 19.6. The monoisotopic (exact) mass is 322 g/mol. The van der Waals surface area contributed by atoms with E-state index < -0.39 is 6.61 Å². The van der Waals surface area contributed by atoms with Gasteiger partial charge in [-0.2, -0.15) is 8.78 Å². The van der Waals surface area contributed by atoms with E-state index in [1.165, 1.54) is 12.1 Å². The normalized spacial score (nSPS) is 11.7. The van der Waals surface area contributed by atoms with Crippen LogP contribution in [-0.2, 0) is 11.2 Å². The Kier molecular flexibility index (Phi) is 9.65. The van der Waals surface area contributed by atoms with E-state index >= 15 is 0 Å². The predicted molar refractivity (Wildman–Crippen MR) is 79.9 cm³/mol. The van der Waals surface area contributed by atoms with E-state index in [4.69, 9.17) is 5.73 Å². The van der Waals surface area contributed by atoms with Gasteiger partial charge < -0.3 is 15.8 Å². The van der Waals surface area contributed by atoms with Crippen molar-refractivity contribution >= 4 is 18.3 Å². The van der Waals surface area contributed by atoms with E-state index in [0.29, 0.717) is 19.4 Å². The number of carbonyl (C=O) groups is 1. The van der Waals surface area contributed by atoms with E-state index in [1.807, 2.05) is 6.92 Å². The van der Waals surface area contributed by atoms with Crippen LogP contribution in [0, 0.1) is 0 Å². The third-order valence-electron chi connectivity index (χ3n) is 2.71. The quantitative estimate of drug-likeness (QED) is 0.773. The molecule has 1 rings (SSSR count). The van der Waals surface area contributed by atoms with Crippen molar-refractivity contribution in [1.82, 2.24) is 5.32 Å². The van der Waals surface area contributed by atoms with Crippen LogP contribution in [0.2, 0.25) is 0 Å². The number of rotatable bonds is 8. The average Bonchev–Trinajstić information content (AvgIpc) is 2.37. The molecular formula is C14H21ClF2N2O2. The van der Waals surface area contributed by atoms with Crippen molar-refractivity contribution in [2.75, 3.05) is 6.54 Å². The Labute approximate surface area is 129 Å². The molecule has 1 aromatic carbocycles. The highest BCUT2D eigenvalue weighted by Gasteiger charge is 2.05. The molecule has 3 N–H and O–H groups in total. The van der Waals surface area contributed by atoms with Gasteiger partial charge in [0, 0.05) is 19.0 Å². The number of carbonyl (C=O) groups excluding carboxylic acids is 1. The number of aryl methyl sites for hydroxylation is 1. The maximum atomic E-state index is 12.0. The molecule has 1 aromatic rings. The highest BCUT2D eigenvalue weighted by Crippen LogP contribution is 2.15. The number of amides is 1. The van der Waals surface area contributed by atoms with Crippen LogP contribution in [0.3, 0.4) is 0 Å². The number of alkyl halides is 2. The number of hydrogen-bond acceptors (Lipinski definition) is 3. The minimum Gasteiger partial charge on any atom is -0.435 e. The number of hydrogen-bond donors (Lipinski definition) is 2. The van der Waals surface area contributed by atoms with Crippen LogP contribution < -0.4 is 15.8 Å². The summed E-state index contributed by atoms with van der Waals surface area (Å²) in [6.07, 6.45) is 1.65. The zero-order valence-corrected chi connectivity index (χ0v) is 12.7. The van der Waals surface area contributed by atoms with Crippen molar-refractivity contribution in [3.05, 3.63) is 29.8 Å². The van der Waals surface area contributed by atoms with E-state index in [0.717, 1.165) is 12.0 Å². The third kappa shape index (κ3) is 9.20.